The van der Waals surface area contributed by atoms with Crippen molar-refractivity contribution in [2.75, 3.05) is 0 Å². The van der Waals surface area contributed by atoms with E-state index in [-0.39, 0.29) is 28.1 Å². The fourth-order valence-electron chi connectivity index (χ4n) is 1.95. The van der Waals surface area contributed by atoms with Gasteiger partial charge < -0.3 is 4.74 Å². The zero-order valence-electron chi connectivity index (χ0n) is 12.3. The highest BCUT2D eigenvalue weighted by Gasteiger charge is 2.37. The number of hydrogen-bond donors (Lipinski definition) is 0. The summed E-state index contributed by atoms with van der Waals surface area (Å²) in [6.45, 7) is 1.53. The van der Waals surface area contributed by atoms with Crippen molar-refractivity contribution in [1.82, 2.24) is 19.6 Å². The second kappa shape index (κ2) is 5.84. The monoisotopic (exact) mass is 373 g/mol. The summed E-state index contributed by atoms with van der Waals surface area (Å²) in [5.41, 5.74) is 0.0789. The molecular formula is C13H7ClF3N5O3. The number of ether oxygens (including phenoxy) is 1. The van der Waals surface area contributed by atoms with Gasteiger partial charge in [-0.2, -0.15) is 22.7 Å². The summed E-state index contributed by atoms with van der Waals surface area (Å²) >= 11 is 5.92. The number of hydrogen-bond acceptors (Lipinski definition) is 6. The van der Waals surface area contributed by atoms with E-state index in [1.165, 1.54) is 19.1 Å². The molecule has 0 bridgehead atoms. The summed E-state index contributed by atoms with van der Waals surface area (Å²) in [6, 6.07) is 4.77. The Hall–Kier alpha value is -2.95. The van der Waals surface area contributed by atoms with E-state index in [4.69, 9.17) is 16.3 Å². The standard InChI is InChI=1S/C13H7ClF3N5O3/c1-6-4-10(21-12(18-6)19-11(20-21)13(15,16)17)25-9-3-2-7(22(23)24)5-8(9)14/h2-5H,1H3. The number of benzene rings is 1. The smallest absolute Gasteiger partial charge is 0.437 e. The Morgan fingerprint density at radius 3 is 2.60 bits per heavy atom. The number of alkyl halides is 3. The summed E-state index contributed by atoms with van der Waals surface area (Å²) < 4.78 is 44.6. The Kier molecular flexibility index (Phi) is 3.95. The highest BCUT2D eigenvalue weighted by atomic mass is 35.5. The van der Waals surface area contributed by atoms with Gasteiger partial charge in [0.05, 0.1) is 9.95 Å². The number of nitrogens with zero attached hydrogens (tertiary/aromatic N) is 5. The van der Waals surface area contributed by atoms with Gasteiger partial charge in [-0.25, -0.2) is 4.98 Å². The van der Waals surface area contributed by atoms with E-state index in [1.54, 1.807) is 0 Å². The molecule has 0 radical (unpaired) electrons. The average molecular weight is 374 g/mol. The third-order valence-electron chi connectivity index (χ3n) is 3.00. The molecular weight excluding hydrogens is 367 g/mol. The first-order chi connectivity index (χ1) is 11.6. The molecule has 0 fully saturated rings. The number of nitro groups is 1. The van der Waals surface area contributed by atoms with Gasteiger partial charge in [-0.15, -0.1) is 5.10 Å². The molecule has 0 saturated carbocycles. The zero-order chi connectivity index (χ0) is 18.4. The number of halogens is 4. The largest absolute Gasteiger partial charge is 0.453 e. The molecule has 2 heterocycles. The van der Waals surface area contributed by atoms with E-state index >= 15 is 0 Å². The number of aryl methyl sites for hydroxylation is 1. The number of fused-ring (bicyclic) bond motifs is 1. The summed E-state index contributed by atoms with van der Waals surface area (Å²) in [5.74, 6) is -1.80. The fourth-order valence-corrected chi connectivity index (χ4v) is 2.16. The summed E-state index contributed by atoms with van der Waals surface area (Å²) in [6.07, 6.45) is -4.75. The lowest BCUT2D eigenvalue weighted by atomic mass is 10.3. The van der Waals surface area contributed by atoms with E-state index in [9.17, 15) is 23.3 Å². The molecule has 12 heteroatoms. The number of nitro benzene ring substituents is 1. The molecule has 130 valence electrons. The topological polar surface area (TPSA) is 95.5 Å². The van der Waals surface area contributed by atoms with Gasteiger partial charge in [0.1, 0.15) is 5.75 Å². The quantitative estimate of drug-likeness (QED) is 0.511. The minimum atomic E-state index is -4.75. The molecule has 8 nitrogen and oxygen atoms in total. The van der Waals surface area contributed by atoms with Crippen molar-refractivity contribution in [3.05, 3.63) is 50.9 Å². The van der Waals surface area contributed by atoms with Crippen LogP contribution >= 0.6 is 11.6 Å². The van der Waals surface area contributed by atoms with Crippen LogP contribution in [0, 0.1) is 17.0 Å². The van der Waals surface area contributed by atoms with Gasteiger partial charge in [-0.05, 0) is 13.0 Å². The van der Waals surface area contributed by atoms with Crippen LogP contribution in [-0.4, -0.2) is 24.5 Å². The Bertz CT molecular complexity index is 989. The summed E-state index contributed by atoms with van der Waals surface area (Å²) in [7, 11) is 0. The molecule has 0 N–H and O–H groups in total. The van der Waals surface area contributed by atoms with Crippen molar-refractivity contribution < 1.29 is 22.8 Å². The van der Waals surface area contributed by atoms with Crippen molar-refractivity contribution in [2.24, 2.45) is 0 Å². The zero-order valence-corrected chi connectivity index (χ0v) is 13.0. The second-order valence-electron chi connectivity index (χ2n) is 4.85. The molecule has 0 unspecified atom stereocenters. The van der Waals surface area contributed by atoms with Gasteiger partial charge in [0.25, 0.3) is 17.3 Å². The van der Waals surface area contributed by atoms with Crippen LogP contribution in [0.25, 0.3) is 5.78 Å². The van der Waals surface area contributed by atoms with Gasteiger partial charge in [-0.1, -0.05) is 11.6 Å². The molecule has 2 aromatic heterocycles. The normalized spacial score (nSPS) is 11.7. The maximum atomic E-state index is 12.8. The Labute approximate surface area is 142 Å². The number of aromatic nitrogens is 4. The molecule has 3 aromatic rings. The van der Waals surface area contributed by atoms with Crippen LogP contribution in [-0.2, 0) is 6.18 Å². The van der Waals surface area contributed by atoms with E-state index in [0.29, 0.717) is 5.69 Å². The fraction of sp³-hybridized carbons (Fsp3) is 0.154. The molecule has 0 aliphatic heterocycles. The van der Waals surface area contributed by atoms with Crippen molar-refractivity contribution >= 4 is 23.1 Å². The number of rotatable bonds is 3. The van der Waals surface area contributed by atoms with Gasteiger partial charge in [-0.3, -0.25) is 10.1 Å². The second-order valence-corrected chi connectivity index (χ2v) is 5.26. The van der Waals surface area contributed by atoms with E-state index in [0.717, 1.165) is 16.6 Å². The SMILES string of the molecule is Cc1cc(Oc2ccc([N+](=O)[O-])cc2Cl)n2nc(C(F)(F)F)nc2n1. The first-order valence-corrected chi connectivity index (χ1v) is 6.96. The third kappa shape index (κ3) is 3.31. The first-order valence-electron chi connectivity index (χ1n) is 6.58. The molecule has 25 heavy (non-hydrogen) atoms. The predicted octanol–water partition coefficient (Wildman–Crippen LogP) is 3.81. The lowest BCUT2D eigenvalue weighted by Gasteiger charge is -2.09. The summed E-state index contributed by atoms with van der Waals surface area (Å²) in [5, 5.41) is 14.0. The van der Waals surface area contributed by atoms with Crippen molar-refractivity contribution in [3.8, 4) is 11.6 Å². The Balaban J connectivity index is 2.07. The van der Waals surface area contributed by atoms with Crippen molar-refractivity contribution in [2.45, 2.75) is 13.1 Å². The van der Waals surface area contributed by atoms with Crippen molar-refractivity contribution in [3.63, 3.8) is 0 Å². The minimum absolute atomic E-state index is 0.00299. The first kappa shape index (κ1) is 16.9. The maximum absolute atomic E-state index is 12.8. The van der Waals surface area contributed by atoms with Crippen LogP contribution in [0.2, 0.25) is 5.02 Å². The van der Waals surface area contributed by atoms with E-state index < -0.39 is 16.9 Å². The van der Waals surface area contributed by atoms with Gasteiger partial charge >= 0.3 is 6.18 Å². The van der Waals surface area contributed by atoms with Crippen LogP contribution in [0.5, 0.6) is 11.6 Å². The lowest BCUT2D eigenvalue weighted by Crippen LogP contribution is -2.08. The summed E-state index contributed by atoms with van der Waals surface area (Å²) in [4.78, 5) is 17.2. The Morgan fingerprint density at radius 2 is 2.00 bits per heavy atom. The Morgan fingerprint density at radius 1 is 1.28 bits per heavy atom. The van der Waals surface area contributed by atoms with E-state index in [2.05, 4.69) is 15.1 Å². The van der Waals surface area contributed by atoms with E-state index in [1.807, 2.05) is 0 Å². The maximum Gasteiger partial charge on any atom is 0.453 e. The minimum Gasteiger partial charge on any atom is -0.437 e. The molecule has 0 aliphatic carbocycles. The molecule has 0 saturated heterocycles. The molecule has 0 spiro atoms. The molecule has 3 rings (SSSR count). The molecule has 0 atom stereocenters. The highest BCUT2D eigenvalue weighted by molar-refractivity contribution is 6.32. The van der Waals surface area contributed by atoms with Gasteiger partial charge in [0.15, 0.2) is 0 Å². The predicted molar refractivity (Wildman–Crippen MR) is 78.7 cm³/mol. The van der Waals surface area contributed by atoms with Crippen LogP contribution in [0.3, 0.4) is 0 Å². The van der Waals surface area contributed by atoms with Crippen LogP contribution in [0.15, 0.2) is 24.3 Å². The van der Waals surface area contributed by atoms with Gasteiger partial charge in [0, 0.05) is 23.9 Å². The third-order valence-corrected chi connectivity index (χ3v) is 3.30. The van der Waals surface area contributed by atoms with Crippen LogP contribution in [0.1, 0.15) is 11.5 Å². The molecule has 0 amide bonds. The molecule has 0 aliphatic rings. The lowest BCUT2D eigenvalue weighted by molar-refractivity contribution is -0.384. The van der Waals surface area contributed by atoms with Gasteiger partial charge in [0.2, 0.25) is 5.88 Å². The highest BCUT2D eigenvalue weighted by Crippen LogP contribution is 2.33. The van der Waals surface area contributed by atoms with Crippen LogP contribution < -0.4 is 4.74 Å². The van der Waals surface area contributed by atoms with Crippen molar-refractivity contribution in [1.29, 1.82) is 0 Å². The van der Waals surface area contributed by atoms with Crippen LogP contribution in [0.4, 0.5) is 18.9 Å². The average Bonchev–Trinajstić information content (AvgIpc) is 2.93. The number of non-ortho nitro benzene ring substituents is 1. The molecule has 1 aromatic carbocycles.